The monoisotopic (exact) mass is 258 g/mol. The van der Waals surface area contributed by atoms with Crippen LogP contribution in [0.2, 0.25) is 0 Å². The number of aromatic amines is 1. The first-order valence-electron chi connectivity index (χ1n) is 6.35. The second kappa shape index (κ2) is 5.69. The van der Waals surface area contributed by atoms with Crippen LogP contribution in [0.25, 0.3) is 0 Å². The van der Waals surface area contributed by atoms with Crippen LogP contribution in [0.5, 0.6) is 6.01 Å². The maximum absolute atomic E-state index is 11.6. The molecule has 4 nitrogen and oxygen atoms in total. The van der Waals surface area contributed by atoms with E-state index in [1.807, 2.05) is 39.0 Å². The number of aryl methyl sites for hydroxylation is 1. The minimum Gasteiger partial charge on any atom is -0.462 e. The lowest BCUT2D eigenvalue weighted by Gasteiger charge is -2.09. The Balaban J connectivity index is 2.25. The van der Waals surface area contributed by atoms with E-state index in [0.29, 0.717) is 12.1 Å². The van der Waals surface area contributed by atoms with Gasteiger partial charge in [0, 0.05) is 12.5 Å². The molecule has 0 saturated heterocycles. The Morgan fingerprint density at radius 3 is 2.79 bits per heavy atom. The molecule has 100 valence electrons. The molecule has 2 rings (SSSR count). The van der Waals surface area contributed by atoms with Crippen LogP contribution in [0.1, 0.15) is 30.7 Å². The van der Waals surface area contributed by atoms with Crippen molar-refractivity contribution in [3.8, 4) is 6.01 Å². The van der Waals surface area contributed by atoms with E-state index in [1.165, 1.54) is 11.6 Å². The topological polar surface area (TPSA) is 55.0 Å². The van der Waals surface area contributed by atoms with E-state index in [1.54, 1.807) is 0 Å². The third-order valence-corrected chi connectivity index (χ3v) is 2.59. The van der Waals surface area contributed by atoms with Gasteiger partial charge in [0.2, 0.25) is 0 Å². The zero-order chi connectivity index (χ0) is 13.8. The molecule has 0 bridgehead atoms. The lowest BCUT2D eigenvalue weighted by atomic mass is 10.1. The molecule has 0 spiro atoms. The Bertz CT molecular complexity index is 618. The van der Waals surface area contributed by atoms with Crippen LogP contribution in [-0.4, -0.2) is 16.1 Å². The lowest BCUT2D eigenvalue weighted by molar-refractivity contribution is 0.221. The summed E-state index contributed by atoms with van der Waals surface area (Å²) in [6.45, 7) is 5.84. The van der Waals surface area contributed by atoms with Gasteiger partial charge in [-0.1, -0.05) is 29.8 Å². The number of aromatic nitrogens is 2. The van der Waals surface area contributed by atoms with E-state index in [-0.39, 0.29) is 17.7 Å². The Labute approximate surface area is 112 Å². The summed E-state index contributed by atoms with van der Waals surface area (Å²) in [5.41, 5.74) is 2.85. The number of hydrogen-bond donors (Lipinski definition) is 1. The molecule has 19 heavy (non-hydrogen) atoms. The van der Waals surface area contributed by atoms with E-state index in [2.05, 4.69) is 16.0 Å². The summed E-state index contributed by atoms with van der Waals surface area (Å²) in [6.07, 6.45) is 0.609. The molecule has 0 aliphatic heterocycles. The van der Waals surface area contributed by atoms with Crippen molar-refractivity contribution in [3.63, 3.8) is 0 Å². The smallest absolute Gasteiger partial charge is 0.296 e. The first kappa shape index (κ1) is 13.3. The van der Waals surface area contributed by atoms with Crippen LogP contribution in [0, 0.1) is 6.92 Å². The minimum atomic E-state index is -0.187. The molecule has 2 aromatic rings. The quantitative estimate of drug-likeness (QED) is 0.916. The molecule has 0 aliphatic rings. The second-order valence-corrected chi connectivity index (χ2v) is 4.87. The predicted molar refractivity (Wildman–Crippen MR) is 74.6 cm³/mol. The zero-order valence-electron chi connectivity index (χ0n) is 11.4. The Morgan fingerprint density at radius 1 is 1.32 bits per heavy atom. The van der Waals surface area contributed by atoms with E-state index in [9.17, 15) is 4.79 Å². The highest BCUT2D eigenvalue weighted by molar-refractivity contribution is 5.26. The van der Waals surface area contributed by atoms with Gasteiger partial charge >= 0.3 is 0 Å². The molecular formula is C15H18N2O2. The molecule has 1 aromatic heterocycles. The number of nitrogens with zero attached hydrogens (tertiary/aromatic N) is 1. The zero-order valence-corrected chi connectivity index (χ0v) is 11.4. The summed E-state index contributed by atoms with van der Waals surface area (Å²) in [5.74, 6) is 0. The molecular weight excluding hydrogens is 240 g/mol. The standard InChI is InChI=1S/C15H18N2O2/c1-10(2)19-15-16-13(9-14(18)17-15)8-12-6-4-5-11(3)7-12/h4-7,9-10H,8H2,1-3H3,(H,16,17,18). The molecule has 0 saturated carbocycles. The highest BCUT2D eigenvalue weighted by Gasteiger charge is 2.05. The van der Waals surface area contributed by atoms with Gasteiger partial charge in [-0.15, -0.1) is 0 Å². The largest absolute Gasteiger partial charge is 0.462 e. The highest BCUT2D eigenvalue weighted by atomic mass is 16.5. The highest BCUT2D eigenvalue weighted by Crippen LogP contribution is 2.10. The van der Waals surface area contributed by atoms with Gasteiger partial charge in [-0.05, 0) is 26.3 Å². The number of rotatable bonds is 4. The summed E-state index contributed by atoms with van der Waals surface area (Å²) in [5, 5.41) is 0. The molecule has 0 amide bonds. The molecule has 1 heterocycles. The van der Waals surface area contributed by atoms with Crippen molar-refractivity contribution in [2.24, 2.45) is 0 Å². The number of H-pyrrole nitrogens is 1. The number of hydrogen-bond acceptors (Lipinski definition) is 3. The molecule has 0 aliphatic carbocycles. The molecule has 0 unspecified atom stereocenters. The summed E-state index contributed by atoms with van der Waals surface area (Å²) in [7, 11) is 0. The van der Waals surface area contributed by atoms with Crippen molar-refractivity contribution in [3.05, 3.63) is 57.5 Å². The van der Waals surface area contributed by atoms with Crippen LogP contribution in [0.3, 0.4) is 0 Å². The van der Waals surface area contributed by atoms with E-state index < -0.39 is 0 Å². The predicted octanol–water partition coefficient (Wildman–Crippen LogP) is 2.46. The number of ether oxygens (including phenoxy) is 1. The van der Waals surface area contributed by atoms with Crippen molar-refractivity contribution in [1.82, 2.24) is 9.97 Å². The Kier molecular flexibility index (Phi) is 4.00. The number of benzene rings is 1. The van der Waals surface area contributed by atoms with E-state index >= 15 is 0 Å². The van der Waals surface area contributed by atoms with Gasteiger partial charge in [0.05, 0.1) is 11.8 Å². The van der Waals surface area contributed by atoms with Gasteiger partial charge in [0.1, 0.15) is 0 Å². The Hall–Kier alpha value is -2.10. The minimum absolute atomic E-state index is 0.0163. The average molecular weight is 258 g/mol. The second-order valence-electron chi connectivity index (χ2n) is 4.87. The van der Waals surface area contributed by atoms with Gasteiger partial charge in [-0.2, -0.15) is 0 Å². The lowest BCUT2D eigenvalue weighted by Crippen LogP contribution is -2.15. The maximum Gasteiger partial charge on any atom is 0.296 e. The summed E-state index contributed by atoms with van der Waals surface area (Å²) in [6, 6.07) is 9.95. The molecule has 0 atom stereocenters. The summed E-state index contributed by atoms with van der Waals surface area (Å²) in [4.78, 5) is 18.5. The van der Waals surface area contributed by atoms with Crippen molar-refractivity contribution < 1.29 is 4.74 Å². The molecule has 4 heteroatoms. The van der Waals surface area contributed by atoms with Crippen molar-refractivity contribution in [2.45, 2.75) is 33.3 Å². The van der Waals surface area contributed by atoms with Crippen LogP contribution >= 0.6 is 0 Å². The van der Waals surface area contributed by atoms with Crippen molar-refractivity contribution >= 4 is 0 Å². The van der Waals surface area contributed by atoms with Gasteiger partial charge in [-0.3, -0.25) is 9.78 Å². The summed E-state index contributed by atoms with van der Waals surface area (Å²) >= 11 is 0. The molecule has 0 fully saturated rings. The maximum atomic E-state index is 11.6. The fourth-order valence-electron chi connectivity index (χ4n) is 1.88. The normalized spacial score (nSPS) is 10.7. The Morgan fingerprint density at radius 2 is 2.11 bits per heavy atom. The van der Waals surface area contributed by atoms with Gasteiger partial charge in [-0.25, -0.2) is 4.98 Å². The van der Waals surface area contributed by atoms with Crippen LogP contribution in [-0.2, 0) is 6.42 Å². The first-order chi connectivity index (χ1) is 9.02. The SMILES string of the molecule is Cc1cccc(Cc2cc(=O)[nH]c(OC(C)C)n2)c1. The van der Waals surface area contributed by atoms with Gasteiger partial charge in [0.15, 0.2) is 0 Å². The fraction of sp³-hybridized carbons (Fsp3) is 0.333. The number of nitrogens with one attached hydrogen (secondary N) is 1. The molecule has 1 N–H and O–H groups in total. The van der Waals surface area contributed by atoms with Gasteiger partial charge in [0.25, 0.3) is 11.6 Å². The third kappa shape index (κ3) is 3.95. The van der Waals surface area contributed by atoms with E-state index in [4.69, 9.17) is 4.74 Å². The van der Waals surface area contributed by atoms with Crippen molar-refractivity contribution in [1.29, 1.82) is 0 Å². The van der Waals surface area contributed by atoms with E-state index in [0.717, 1.165) is 5.56 Å². The molecule has 1 aromatic carbocycles. The van der Waals surface area contributed by atoms with Crippen LogP contribution in [0.4, 0.5) is 0 Å². The average Bonchev–Trinajstić information content (AvgIpc) is 2.26. The van der Waals surface area contributed by atoms with Crippen molar-refractivity contribution in [2.75, 3.05) is 0 Å². The molecule has 0 radical (unpaired) electrons. The van der Waals surface area contributed by atoms with Gasteiger partial charge < -0.3 is 4.74 Å². The van der Waals surface area contributed by atoms with Crippen LogP contribution in [0.15, 0.2) is 35.1 Å². The first-order valence-corrected chi connectivity index (χ1v) is 6.35. The fourth-order valence-corrected chi connectivity index (χ4v) is 1.88. The summed E-state index contributed by atoms with van der Waals surface area (Å²) < 4.78 is 5.43. The third-order valence-electron chi connectivity index (χ3n) is 2.59. The van der Waals surface area contributed by atoms with Crippen LogP contribution < -0.4 is 10.3 Å².